The van der Waals surface area contributed by atoms with Crippen molar-refractivity contribution in [1.29, 1.82) is 0 Å². The molecular weight excluding hydrogens is 432 g/mol. The minimum Gasteiger partial charge on any atom is -0.493 e. The van der Waals surface area contributed by atoms with E-state index in [2.05, 4.69) is 24.9 Å². The summed E-state index contributed by atoms with van der Waals surface area (Å²) in [5.74, 6) is 2.91. The molecule has 0 spiro atoms. The largest absolute Gasteiger partial charge is 0.493 e. The van der Waals surface area contributed by atoms with Crippen LogP contribution >= 0.6 is 0 Å². The Bertz CT molecular complexity index is 1330. The molecule has 0 aliphatic carbocycles. The zero-order chi connectivity index (χ0) is 23.7. The number of methoxy groups -OCH3 is 2. The molecule has 0 unspecified atom stereocenters. The molecule has 0 atom stereocenters. The highest BCUT2D eigenvalue weighted by atomic mass is 16.5. The number of carbonyl (C=O) groups excluding carboxylic acids is 1. The number of benzene rings is 2. The molecule has 3 heterocycles. The van der Waals surface area contributed by atoms with E-state index in [9.17, 15) is 4.79 Å². The fourth-order valence-corrected chi connectivity index (χ4v) is 4.36. The lowest BCUT2D eigenvalue weighted by molar-refractivity contribution is 0.101. The Morgan fingerprint density at radius 1 is 0.882 bits per heavy atom. The van der Waals surface area contributed by atoms with E-state index in [4.69, 9.17) is 9.47 Å². The van der Waals surface area contributed by atoms with Gasteiger partial charge >= 0.3 is 0 Å². The summed E-state index contributed by atoms with van der Waals surface area (Å²) in [5.41, 5.74) is 3.75. The molecule has 5 rings (SSSR count). The lowest BCUT2D eigenvalue weighted by atomic mass is 10.1. The highest BCUT2D eigenvalue weighted by Crippen LogP contribution is 2.36. The van der Waals surface area contributed by atoms with Crippen molar-refractivity contribution in [1.82, 2.24) is 19.6 Å². The molecule has 174 valence electrons. The Morgan fingerprint density at radius 3 is 2.26 bits per heavy atom. The van der Waals surface area contributed by atoms with Gasteiger partial charge in [0, 0.05) is 49.2 Å². The van der Waals surface area contributed by atoms with Crippen LogP contribution in [0.15, 0.2) is 55.0 Å². The van der Waals surface area contributed by atoms with E-state index >= 15 is 0 Å². The van der Waals surface area contributed by atoms with E-state index in [0.29, 0.717) is 17.3 Å². The molecule has 0 N–H and O–H groups in total. The van der Waals surface area contributed by atoms with Crippen molar-refractivity contribution < 1.29 is 14.3 Å². The Morgan fingerprint density at radius 2 is 1.59 bits per heavy atom. The van der Waals surface area contributed by atoms with Crippen molar-refractivity contribution in [2.75, 3.05) is 50.2 Å². The minimum atomic E-state index is 0.0774. The number of ketones is 1. The molecule has 1 aliphatic rings. The lowest BCUT2D eigenvalue weighted by Gasteiger charge is -2.38. The van der Waals surface area contributed by atoms with Gasteiger partial charge < -0.3 is 19.3 Å². The monoisotopic (exact) mass is 458 g/mol. The maximum absolute atomic E-state index is 11.6. The standard InChI is InChI=1S/C25H26N6O3/c1-17(32)18-4-7-20(8-5-18)29-10-12-30(13-11-29)24-21(15-26-25-27-16-28-31(24)25)19-6-9-22(33-2)23(14-19)34-3/h4-9,14-16H,10-13H2,1-3H3. The fourth-order valence-electron chi connectivity index (χ4n) is 4.36. The summed E-state index contributed by atoms with van der Waals surface area (Å²) >= 11 is 0. The maximum Gasteiger partial charge on any atom is 0.254 e. The maximum atomic E-state index is 11.6. The third kappa shape index (κ3) is 3.89. The van der Waals surface area contributed by atoms with Crippen LogP contribution in [0.5, 0.6) is 11.5 Å². The van der Waals surface area contributed by atoms with Gasteiger partial charge in [-0.25, -0.2) is 4.98 Å². The molecule has 1 aliphatic heterocycles. The second-order valence-corrected chi connectivity index (χ2v) is 8.11. The lowest BCUT2D eigenvalue weighted by Crippen LogP contribution is -2.47. The van der Waals surface area contributed by atoms with Gasteiger partial charge in [-0.15, -0.1) is 0 Å². The van der Waals surface area contributed by atoms with Crippen molar-refractivity contribution in [3.8, 4) is 22.6 Å². The number of anilines is 2. The van der Waals surface area contributed by atoms with Crippen molar-refractivity contribution in [2.45, 2.75) is 6.92 Å². The SMILES string of the molecule is COc1ccc(-c2cnc3ncnn3c2N2CCN(c3ccc(C(C)=O)cc3)CC2)cc1OC. The zero-order valence-electron chi connectivity index (χ0n) is 19.4. The first-order valence-corrected chi connectivity index (χ1v) is 11.1. The average Bonchev–Trinajstić information content (AvgIpc) is 3.37. The molecule has 4 aromatic rings. The van der Waals surface area contributed by atoms with Crippen LogP contribution in [0.2, 0.25) is 0 Å². The number of ether oxygens (including phenoxy) is 2. The first-order chi connectivity index (χ1) is 16.6. The topological polar surface area (TPSA) is 85.1 Å². The van der Waals surface area contributed by atoms with Gasteiger partial charge in [-0.3, -0.25) is 4.79 Å². The van der Waals surface area contributed by atoms with E-state index in [1.54, 1.807) is 25.7 Å². The summed E-state index contributed by atoms with van der Waals surface area (Å²) in [7, 11) is 3.25. The number of fused-ring (bicyclic) bond motifs is 1. The number of hydrogen-bond acceptors (Lipinski definition) is 8. The van der Waals surface area contributed by atoms with Gasteiger partial charge in [0.25, 0.3) is 5.78 Å². The summed E-state index contributed by atoms with van der Waals surface area (Å²) in [4.78, 5) is 25.0. The molecule has 1 fully saturated rings. The molecule has 0 radical (unpaired) electrons. The third-order valence-corrected chi connectivity index (χ3v) is 6.19. The zero-order valence-corrected chi connectivity index (χ0v) is 19.4. The summed E-state index contributed by atoms with van der Waals surface area (Å²) < 4.78 is 12.7. The van der Waals surface area contributed by atoms with Gasteiger partial charge in [0.15, 0.2) is 17.3 Å². The molecule has 2 aromatic carbocycles. The molecular formula is C25H26N6O3. The van der Waals surface area contributed by atoms with Crippen LogP contribution in [0, 0.1) is 0 Å². The quantitative estimate of drug-likeness (QED) is 0.407. The smallest absolute Gasteiger partial charge is 0.254 e. The Hall–Kier alpha value is -4.14. The van der Waals surface area contributed by atoms with Gasteiger partial charge in [0.2, 0.25) is 0 Å². The summed E-state index contributed by atoms with van der Waals surface area (Å²) in [6.07, 6.45) is 3.37. The summed E-state index contributed by atoms with van der Waals surface area (Å²) in [6, 6.07) is 13.7. The van der Waals surface area contributed by atoms with Crippen LogP contribution < -0.4 is 19.3 Å². The van der Waals surface area contributed by atoms with Crippen molar-refractivity contribution in [3.63, 3.8) is 0 Å². The Kier molecular flexibility index (Phi) is 5.75. The number of nitrogens with zero attached hydrogens (tertiary/aromatic N) is 6. The van der Waals surface area contributed by atoms with Gasteiger partial charge in [-0.05, 0) is 48.9 Å². The molecule has 0 saturated carbocycles. The van der Waals surface area contributed by atoms with Crippen LogP contribution in [-0.4, -0.2) is 65.8 Å². The van der Waals surface area contributed by atoms with Gasteiger partial charge in [0.05, 0.1) is 14.2 Å². The Balaban J connectivity index is 1.46. The summed E-state index contributed by atoms with van der Waals surface area (Å²) in [6.45, 7) is 4.86. The van der Waals surface area contributed by atoms with E-state index in [1.165, 1.54) is 6.33 Å². The highest BCUT2D eigenvalue weighted by Gasteiger charge is 2.24. The van der Waals surface area contributed by atoms with Crippen LogP contribution in [0.1, 0.15) is 17.3 Å². The number of hydrogen-bond donors (Lipinski definition) is 0. The number of rotatable bonds is 6. The van der Waals surface area contributed by atoms with E-state index in [0.717, 1.165) is 54.4 Å². The van der Waals surface area contributed by atoms with Crippen LogP contribution in [0.3, 0.4) is 0 Å². The number of piperazine rings is 1. The molecule has 34 heavy (non-hydrogen) atoms. The number of aromatic nitrogens is 4. The molecule has 0 amide bonds. The van der Waals surface area contributed by atoms with Crippen LogP contribution in [-0.2, 0) is 0 Å². The first-order valence-electron chi connectivity index (χ1n) is 11.1. The number of carbonyl (C=O) groups is 1. The predicted molar refractivity (Wildman–Crippen MR) is 130 cm³/mol. The van der Waals surface area contributed by atoms with E-state index in [-0.39, 0.29) is 5.78 Å². The van der Waals surface area contributed by atoms with Crippen LogP contribution in [0.25, 0.3) is 16.9 Å². The van der Waals surface area contributed by atoms with Gasteiger partial charge in [-0.2, -0.15) is 14.6 Å². The van der Waals surface area contributed by atoms with E-state index < -0.39 is 0 Å². The predicted octanol–water partition coefficient (Wildman–Crippen LogP) is 3.34. The molecule has 9 nitrogen and oxygen atoms in total. The van der Waals surface area contributed by atoms with Crippen molar-refractivity contribution >= 4 is 23.1 Å². The van der Waals surface area contributed by atoms with E-state index in [1.807, 2.05) is 48.7 Å². The van der Waals surface area contributed by atoms with Gasteiger partial charge in [0.1, 0.15) is 12.1 Å². The van der Waals surface area contributed by atoms with Crippen molar-refractivity contribution in [3.05, 3.63) is 60.6 Å². The molecule has 0 bridgehead atoms. The molecule has 2 aromatic heterocycles. The molecule has 9 heteroatoms. The minimum absolute atomic E-state index is 0.0774. The van der Waals surface area contributed by atoms with Crippen LogP contribution in [0.4, 0.5) is 11.5 Å². The summed E-state index contributed by atoms with van der Waals surface area (Å²) in [5, 5.41) is 4.46. The normalized spacial score (nSPS) is 13.9. The molecule has 1 saturated heterocycles. The highest BCUT2D eigenvalue weighted by molar-refractivity contribution is 5.94. The fraction of sp³-hybridized carbons (Fsp3) is 0.280. The second-order valence-electron chi connectivity index (χ2n) is 8.11. The Labute approximate surface area is 197 Å². The van der Waals surface area contributed by atoms with Crippen molar-refractivity contribution in [2.24, 2.45) is 0 Å². The average molecular weight is 459 g/mol. The second kappa shape index (κ2) is 9.01. The number of Topliss-reactive ketones (excluding diaryl/α,β-unsaturated/α-hetero) is 1. The third-order valence-electron chi connectivity index (χ3n) is 6.19. The van der Waals surface area contributed by atoms with Gasteiger partial charge in [-0.1, -0.05) is 6.07 Å². The first kappa shape index (κ1) is 21.7.